The monoisotopic (exact) mass is 502 g/mol. The van der Waals surface area contributed by atoms with E-state index in [0.717, 1.165) is 5.56 Å². The van der Waals surface area contributed by atoms with Gasteiger partial charge in [-0.2, -0.15) is 0 Å². The molecule has 0 fully saturated rings. The number of rotatable bonds is 12. The van der Waals surface area contributed by atoms with Gasteiger partial charge < -0.3 is 19.5 Å². The van der Waals surface area contributed by atoms with Crippen molar-refractivity contribution < 1.29 is 19.0 Å². The van der Waals surface area contributed by atoms with Crippen molar-refractivity contribution in [2.75, 3.05) is 24.8 Å². The summed E-state index contributed by atoms with van der Waals surface area (Å²) < 4.78 is 18.8. The average Bonchev–Trinajstić information content (AvgIpc) is 3.19. The molecule has 0 spiro atoms. The minimum Gasteiger partial charge on any atom is -0.495 e. The van der Waals surface area contributed by atoms with Gasteiger partial charge in [-0.3, -0.25) is 9.36 Å². The van der Waals surface area contributed by atoms with Crippen molar-refractivity contribution in [1.29, 1.82) is 0 Å². The van der Waals surface area contributed by atoms with Crippen molar-refractivity contribution in [3.05, 3.63) is 65.5 Å². The van der Waals surface area contributed by atoms with Gasteiger partial charge >= 0.3 is 0 Å². The van der Waals surface area contributed by atoms with Crippen molar-refractivity contribution in [3.63, 3.8) is 0 Å². The number of aromatic nitrogens is 3. The number of methoxy groups -OCH3 is 1. The summed E-state index contributed by atoms with van der Waals surface area (Å²) in [4.78, 5) is 12.5. The quantitative estimate of drug-likeness (QED) is 0.271. The number of allylic oxidation sites excluding steroid dienone is 1. The van der Waals surface area contributed by atoms with E-state index in [0.29, 0.717) is 52.1 Å². The largest absolute Gasteiger partial charge is 0.495 e. The Kier molecular flexibility index (Phi) is 9.24. The molecule has 0 atom stereocenters. The SMILES string of the molecule is C=CCn1c(COc2ccc(C)cc2OCC)nnc1SCC(=O)Nc1cc(Cl)ccc1OC. The van der Waals surface area contributed by atoms with E-state index in [9.17, 15) is 4.79 Å². The van der Waals surface area contributed by atoms with Crippen LogP contribution in [-0.4, -0.2) is 40.1 Å². The molecule has 1 aromatic heterocycles. The van der Waals surface area contributed by atoms with Crippen molar-refractivity contribution in [1.82, 2.24) is 14.8 Å². The zero-order valence-corrected chi connectivity index (χ0v) is 20.9. The van der Waals surface area contributed by atoms with Gasteiger partial charge in [0, 0.05) is 11.6 Å². The Bertz CT molecular complexity index is 1150. The highest BCUT2D eigenvalue weighted by atomic mass is 35.5. The molecule has 0 radical (unpaired) electrons. The molecular formula is C24H27ClN4O4S. The van der Waals surface area contributed by atoms with E-state index in [-0.39, 0.29) is 18.3 Å². The van der Waals surface area contributed by atoms with Gasteiger partial charge in [0.15, 0.2) is 22.5 Å². The number of aryl methyl sites for hydroxylation is 1. The number of nitrogens with one attached hydrogen (secondary N) is 1. The van der Waals surface area contributed by atoms with Crippen LogP contribution < -0.4 is 19.5 Å². The second-order valence-corrected chi connectivity index (χ2v) is 8.53. The number of anilines is 1. The number of amides is 1. The second kappa shape index (κ2) is 12.3. The Labute approximate surface area is 208 Å². The van der Waals surface area contributed by atoms with Gasteiger partial charge in [0.1, 0.15) is 12.4 Å². The molecule has 3 rings (SSSR count). The summed E-state index contributed by atoms with van der Waals surface area (Å²) in [6.07, 6.45) is 1.74. The van der Waals surface area contributed by atoms with Crippen LogP contribution in [0.15, 0.2) is 54.2 Å². The molecule has 0 aliphatic rings. The standard InChI is InChI=1S/C24H27ClN4O4S/c1-5-11-29-22(14-33-20-9-7-16(3)12-21(20)32-6-2)27-28-24(29)34-15-23(30)26-18-13-17(25)8-10-19(18)31-4/h5,7-10,12-13H,1,6,11,14-15H2,2-4H3,(H,26,30). The topological polar surface area (TPSA) is 87.5 Å². The van der Waals surface area contributed by atoms with E-state index < -0.39 is 0 Å². The molecule has 0 saturated carbocycles. The second-order valence-electron chi connectivity index (χ2n) is 7.15. The van der Waals surface area contributed by atoms with Crippen molar-refractivity contribution >= 4 is 35.0 Å². The summed E-state index contributed by atoms with van der Waals surface area (Å²) >= 11 is 7.30. The van der Waals surface area contributed by atoms with Crippen molar-refractivity contribution in [2.45, 2.75) is 32.2 Å². The van der Waals surface area contributed by atoms with Gasteiger partial charge in [-0.05, 0) is 49.7 Å². The lowest BCUT2D eigenvalue weighted by Gasteiger charge is -2.13. The number of hydrogen-bond donors (Lipinski definition) is 1. The smallest absolute Gasteiger partial charge is 0.234 e. The Morgan fingerprint density at radius 2 is 1.97 bits per heavy atom. The van der Waals surface area contributed by atoms with Crippen LogP contribution in [0.1, 0.15) is 18.3 Å². The number of carbonyl (C=O) groups is 1. The van der Waals surface area contributed by atoms with E-state index in [1.165, 1.54) is 18.9 Å². The molecule has 1 heterocycles. The fraction of sp³-hybridized carbons (Fsp3) is 0.292. The van der Waals surface area contributed by atoms with Crippen LogP contribution in [0.3, 0.4) is 0 Å². The lowest BCUT2D eigenvalue weighted by molar-refractivity contribution is -0.113. The van der Waals surface area contributed by atoms with E-state index in [1.54, 1.807) is 24.3 Å². The number of ether oxygens (including phenoxy) is 3. The Morgan fingerprint density at radius 1 is 1.18 bits per heavy atom. The fourth-order valence-electron chi connectivity index (χ4n) is 3.08. The molecule has 0 bridgehead atoms. The summed E-state index contributed by atoms with van der Waals surface area (Å²) in [5.74, 6) is 2.35. The number of benzene rings is 2. The summed E-state index contributed by atoms with van der Waals surface area (Å²) in [6.45, 7) is 8.94. The highest BCUT2D eigenvalue weighted by Gasteiger charge is 2.16. The number of carbonyl (C=O) groups excluding carboxylic acids is 1. The molecule has 34 heavy (non-hydrogen) atoms. The lowest BCUT2D eigenvalue weighted by atomic mass is 10.2. The molecule has 10 heteroatoms. The van der Waals surface area contributed by atoms with E-state index in [4.69, 9.17) is 25.8 Å². The van der Waals surface area contributed by atoms with Gasteiger partial charge in [-0.25, -0.2) is 0 Å². The molecule has 8 nitrogen and oxygen atoms in total. The zero-order valence-electron chi connectivity index (χ0n) is 19.3. The number of nitrogens with zero attached hydrogens (tertiary/aromatic N) is 3. The van der Waals surface area contributed by atoms with Crippen molar-refractivity contribution in [2.24, 2.45) is 0 Å². The predicted molar refractivity (Wildman–Crippen MR) is 134 cm³/mol. The molecule has 2 aromatic carbocycles. The predicted octanol–water partition coefficient (Wildman–Crippen LogP) is 5.14. The third-order valence-electron chi connectivity index (χ3n) is 4.63. The number of halogens is 1. The normalized spacial score (nSPS) is 10.6. The van der Waals surface area contributed by atoms with Crippen LogP contribution in [0, 0.1) is 6.92 Å². The van der Waals surface area contributed by atoms with Gasteiger partial charge in [-0.15, -0.1) is 16.8 Å². The fourth-order valence-corrected chi connectivity index (χ4v) is 4.02. The van der Waals surface area contributed by atoms with E-state index in [1.807, 2.05) is 36.6 Å². The molecule has 0 unspecified atom stereocenters. The first-order chi connectivity index (χ1) is 16.4. The van der Waals surface area contributed by atoms with Gasteiger partial charge in [0.05, 0.1) is 25.2 Å². The summed E-state index contributed by atoms with van der Waals surface area (Å²) in [5, 5.41) is 12.4. The summed E-state index contributed by atoms with van der Waals surface area (Å²) in [6, 6.07) is 10.8. The first kappa shape index (κ1) is 25.5. The highest BCUT2D eigenvalue weighted by molar-refractivity contribution is 7.99. The van der Waals surface area contributed by atoms with Crippen LogP contribution in [0.4, 0.5) is 5.69 Å². The zero-order chi connectivity index (χ0) is 24.5. The van der Waals surface area contributed by atoms with Crippen LogP contribution in [-0.2, 0) is 17.9 Å². The van der Waals surface area contributed by atoms with Gasteiger partial charge in [0.2, 0.25) is 5.91 Å². The average molecular weight is 503 g/mol. The van der Waals surface area contributed by atoms with Crippen LogP contribution in [0.2, 0.25) is 5.02 Å². The molecule has 1 N–H and O–H groups in total. The molecule has 3 aromatic rings. The molecule has 0 saturated heterocycles. The molecule has 0 aliphatic carbocycles. The minimum atomic E-state index is -0.225. The van der Waals surface area contributed by atoms with E-state index in [2.05, 4.69) is 22.1 Å². The summed E-state index contributed by atoms with van der Waals surface area (Å²) in [5.41, 5.74) is 1.59. The third kappa shape index (κ3) is 6.68. The molecule has 0 aliphatic heterocycles. The van der Waals surface area contributed by atoms with Crippen molar-refractivity contribution in [3.8, 4) is 17.2 Å². The maximum Gasteiger partial charge on any atom is 0.234 e. The third-order valence-corrected chi connectivity index (χ3v) is 5.83. The van der Waals surface area contributed by atoms with Gasteiger partial charge in [0.25, 0.3) is 0 Å². The minimum absolute atomic E-state index is 0.123. The van der Waals surface area contributed by atoms with Crippen LogP contribution in [0.5, 0.6) is 17.2 Å². The lowest BCUT2D eigenvalue weighted by Crippen LogP contribution is -2.15. The maximum absolute atomic E-state index is 12.5. The van der Waals surface area contributed by atoms with Crippen LogP contribution in [0.25, 0.3) is 0 Å². The Morgan fingerprint density at radius 3 is 2.71 bits per heavy atom. The maximum atomic E-state index is 12.5. The Hall–Kier alpha value is -3.17. The molecule has 180 valence electrons. The highest BCUT2D eigenvalue weighted by Crippen LogP contribution is 2.30. The number of hydrogen-bond acceptors (Lipinski definition) is 7. The number of thioether (sulfide) groups is 1. The van der Waals surface area contributed by atoms with Gasteiger partial charge in [-0.1, -0.05) is 35.5 Å². The Balaban J connectivity index is 1.67. The van der Waals surface area contributed by atoms with Crippen LogP contribution >= 0.6 is 23.4 Å². The first-order valence-electron chi connectivity index (χ1n) is 10.6. The molecule has 1 amide bonds. The summed E-state index contributed by atoms with van der Waals surface area (Å²) in [7, 11) is 1.53. The first-order valence-corrected chi connectivity index (χ1v) is 12.0. The molecular weight excluding hydrogens is 476 g/mol. The van der Waals surface area contributed by atoms with E-state index >= 15 is 0 Å².